The quantitative estimate of drug-likeness (QED) is 0.653. The summed E-state index contributed by atoms with van der Waals surface area (Å²) in [4.78, 5) is 9.60. The van der Waals surface area contributed by atoms with Gasteiger partial charge in [-0.25, -0.2) is 0 Å². The molecule has 1 aliphatic rings. The minimum atomic E-state index is 0.598. The van der Waals surface area contributed by atoms with E-state index in [2.05, 4.69) is 61.4 Å². The van der Waals surface area contributed by atoms with Gasteiger partial charge in [-0.1, -0.05) is 43.3 Å². The van der Waals surface area contributed by atoms with Crippen molar-refractivity contribution in [3.8, 4) is 11.3 Å². The highest BCUT2D eigenvalue weighted by Gasteiger charge is 2.26. The number of hydrogen-bond donors (Lipinski definition) is 1. The fraction of sp³-hybridized carbons (Fsp3) is 0.409. The molecule has 0 amide bonds. The van der Waals surface area contributed by atoms with Crippen molar-refractivity contribution in [1.29, 1.82) is 0 Å². The van der Waals surface area contributed by atoms with Crippen LogP contribution in [0.25, 0.3) is 11.3 Å². The standard InChI is InChI=1S/C22H28N6/c1-2-28-14-8-12-20(28)16-27(15-19-11-6-7-13-23-19)17-21-22(25-26-24-21)18-9-4-3-5-10-18/h3-7,9-11,13,20H,2,8,12,14-17H2,1H3,(H,24,25,26). The molecule has 2 aromatic heterocycles. The van der Waals surface area contributed by atoms with Crippen molar-refractivity contribution in [2.24, 2.45) is 0 Å². The molecule has 1 N–H and O–H groups in total. The van der Waals surface area contributed by atoms with Gasteiger partial charge in [-0.15, -0.1) is 0 Å². The number of rotatable bonds is 8. The molecule has 1 saturated heterocycles. The number of benzene rings is 1. The van der Waals surface area contributed by atoms with Gasteiger partial charge in [-0.05, 0) is 38.1 Å². The van der Waals surface area contributed by atoms with Crippen molar-refractivity contribution < 1.29 is 0 Å². The summed E-state index contributed by atoms with van der Waals surface area (Å²) in [5.41, 5.74) is 4.11. The van der Waals surface area contributed by atoms with Crippen LogP contribution < -0.4 is 0 Å². The fourth-order valence-electron chi connectivity index (χ4n) is 4.12. The maximum Gasteiger partial charge on any atom is 0.117 e. The van der Waals surface area contributed by atoms with E-state index in [9.17, 15) is 0 Å². The lowest BCUT2D eigenvalue weighted by molar-refractivity contribution is 0.163. The molecule has 6 nitrogen and oxygen atoms in total. The topological polar surface area (TPSA) is 60.9 Å². The third kappa shape index (κ3) is 4.46. The number of pyridine rings is 1. The van der Waals surface area contributed by atoms with Gasteiger partial charge in [0.2, 0.25) is 0 Å². The molecule has 0 spiro atoms. The first-order valence-corrected chi connectivity index (χ1v) is 10.1. The number of nitrogens with zero attached hydrogens (tertiary/aromatic N) is 5. The Bertz CT molecular complexity index is 848. The van der Waals surface area contributed by atoms with E-state index in [0.717, 1.165) is 48.8 Å². The van der Waals surface area contributed by atoms with Crippen molar-refractivity contribution in [3.63, 3.8) is 0 Å². The molecule has 1 unspecified atom stereocenters. The first kappa shape index (κ1) is 18.8. The molecule has 0 aliphatic carbocycles. The van der Waals surface area contributed by atoms with E-state index >= 15 is 0 Å². The summed E-state index contributed by atoms with van der Waals surface area (Å²) in [6.07, 6.45) is 4.42. The number of likely N-dealkylation sites (N-methyl/N-ethyl adjacent to an activating group) is 1. The Hall–Kier alpha value is -2.57. The zero-order chi connectivity index (χ0) is 19.2. The summed E-state index contributed by atoms with van der Waals surface area (Å²) in [5.74, 6) is 0. The second kappa shape index (κ2) is 9.08. The van der Waals surface area contributed by atoms with Gasteiger partial charge in [0.25, 0.3) is 0 Å². The highest BCUT2D eigenvalue weighted by Crippen LogP contribution is 2.23. The van der Waals surface area contributed by atoms with E-state index in [4.69, 9.17) is 0 Å². The molecule has 1 aromatic carbocycles. The summed E-state index contributed by atoms with van der Waals surface area (Å²) >= 11 is 0. The Balaban J connectivity index is 1.55. The van der Waals surface area contributed by atoms with Gasteiger partial charge in [0.05, 0.1) is 5.69 Å². The van der Waals surface area contributed by atoms with Crippen LogP contribution in [-0.4, -0.2) is 55.9 Å². The van der Waals surface area contributed by atoms with E-state index in [1.54, 1.807) is 0 Å². The molecule has 28 heavy (non-hydrogen) atoms. The average Bonchev–Trinajstić information content (AvgIpc) is 3.38. The predicted octanol–water partition coefficient (Wildman–Crippen LogP) is 3.35. The molecular weight excluding hydrogens is 348 g/mol. The Morgan fingerprint density at radius 3 is 2.71 bits per heavy atom. The number of hydrogen-bond acceptors (Lipinski definition) is 5. The molecule has 1 atom stereocenters. The van der Waals surface area contributed by atoms with Crippen LogP contribution >= 0.6 is 0 Å². The second-order valence-electron chi connectivity index (χ2n) is 7.40. The van der Waals surface area contributed by atoms with Crippen LogP contribution in [0, 0.1) is 0 Å². The molecule has 6 heteroatoms. The molecule has 4 rings (SSSR count). The van der Waals surface area contributed by atoms with E-state index in [0.29, 0.717) is 6.04 Å². The Kier molecular flexibility index (Phi) is 6.09. The van der Waals surface area contributed by atoms with Crippen LogP contribution in [0.2, 0.25) is 0 Å². The van der Waals surface area contributed by atoms with E-state index in [1.165, 1.54) is 19.4 Å². The Morgan fingerprint density at radius 1 is 1.07 bits per heavy atom. The monoisotopic (exact) mass is 376 g/mol. The molecule has 146 valence electrons. The molecule has 0 radical (unpaired) electrons. The largest absolute Gasteiger partial charge is 0.299 e. The Labute approximate surface area is 166 Å². The third-order valence-corrected chi connectivity index (χ3v) is 5.53. The van der Waals surface area contributed by atoms with E-state index in [1.807, 2.05) is 30.5 Å². The summed E-state index contributed by atoms with van der Waals surface area (Å²) < 4.78 is 0. The molecule has 0 bridgehead atoms. The smallest absolute Gasteiger partial charge is 0.117 e. The minimum absolute atomic E-state index is 0.598. The summed E-state index contributed by atoms with van der Waals surface area (Å²) in [5, 5.41) is 11.7. The molecule has 1 fully saturated rings. The maximum absolute atomic E-state index is 4.54. The molecular formula is C22H28N6. The fourth-order valence-corrected chi connectivity index (χ4v) is 4.12. The van der Waals surface area contributed by atoms with Crippen molar-refractivity contribution >= 4 is 0 Å². The van der Waals surface area contributed by atoms with Gasteiger partial charge in [-0.3, -0.25) is 14.8 Å². The van der Waals surface area contributed by atoms with Gasteiger partial charge in [0.15, 0.2) is 0 Å². The van der Waals surface area contributed by atoms with Gasteiger partial charge in [0, 0.05) is 37.4 Å². The predicted molar refractivity (Wildman–Crippen MR) is 110 cm³/mol. The van der Waals surface area contributed by atoms with Gasteiger partial charge < -0.3 is 0 Å². The number of aromatic amines is 1. The van der Waals surface area contributed by atoms with Crippen LogP contribution in [0.1, 0.15) is 31.2 Å². The van der Waals surface area contributed by atoms with Gasteiger partial charge >= 0.3 is 0 Å². The highest BCUT2D eigenvalue weighted by molar-refractivity contribution is 5.60. The lowest BCUT2D eigenvalue weighted by Crippen LogP contribution is -2.40. The third-order valence-electron chi connectivity index (χ3n) is 5.53. The number of likely N-dealkylation sites (tertiary alicyclic amines) is 1. The second-order valence-corrected chi connectivity index (χ2v) is 7.40. The first-order chi connectivity index (χ1) is 13.8. The average molecular weight is 377 g/mol. The van der Waals surface area contributed by atoms with Gasteiger partial charge in [0.1, 0.15) is 11.4 Å². The lowest BCUT2D eigenvalue weighted by atomic mass is 10.1. The zero-order valence-corrected chi connectivity index (χ0v) is 16.5. The zero-order valence-electron chi connectivity index (χ0n) is 16.5. The van der Waals surface area contributed by atoms with Gasteiger partial charge in [-0.2, -0.15) is 15.4 Å². The lowest BCUT2D eigenvalue weighted by Gasteiger charge is -2.29. The van der Waals surface area contributed by atoms with Crippen molar-refractivity contribution in [2.75, 3.05) is 19.6 Å². The Morgan fingerprint density at radius 2 is 1.93 bits per heavy atom. The van der Waals surface area contributed by atoms with Crippen LogP contribution in [0.5, 0.6) is 0 Å². The van der Waals surface area contributed by atoms with Crippen molar-refractivity contribution in [1.82, 2.24) is 30.2 Å². The SMILES string of the molecule is CCN1CCCC1CN(Cc1ccccn1)Cc1n[nH]nc1-c1ccccc1. The molecule has 0 saturated carbocycles. The van der Waals surface area contributed by atoms with Crippen LogP contribution in [0.3, 0.4) is 0 Å². The van der Waals surface area contributed by atoms with Crippen molar-refractivity contribution in [3.05, 3.63) is 66.1 Å². The normalized spacial score (nSPS) is 17.4. The van der Waals surface area contributed by atoms with Crippen LogP contribution in [0.4, 0.5) is 0 Å². The van der Waals surface area contributed by atoms with E-state index in [-0.39, 0.29) is 0 Å². The number of H-pyrrole nitrogens is 1. The number of nitrogens with one attached hydrogen (secondary N) is 1. The molecule has 3 heterocycles. The van der Waals surface area contributed by atoms with Crippen molar-refractivity contribution in [2.45, 2.75) is 38.9 Å². The number of aromatic nitrogens is 4. The maximum atomic E-state index is 4.54. The van der Waals surface area contributed by atoms with Crippen LogP contribution in [-0.2, 0) is 13.1 Å². The summed E-state index contributed by atoms with van der Waals surface area (Å²) in [6, 6.07) is 17.0. The molecule has 3 aromatic rings. The first-order valence-electron chi connectivity index (χ1n) is 10.1. The summed E-state index contributed by atoms with van der Waals surface area (Å²) in [7, 11) is 0. The minimum Gasteiger partial charge on any atom is -0.299 e. The highest BCUT2D eigenvalue weighted by atomic mass is 15.3. The summed E-state index contributed by atoms with van der Waals surface area (Å²) in [6.45, 7) is 7.17. The molecule has 1 aliphatic heterocycles. The van der Waals surface area contributed by atoms with Crippen LogP contribution in [0.15, 0.2) is 54.7 Å². The van der Waals surface area contributed by atoms with E-state index < -0.39 is 0 Å².